The van der Waals surface area contributed by atoms with E-state index in [1.165, 1.54) is 5.56 Å². The zero-order valence-electron chi connectivity index (χ0n) is 12.7. The van der Waals surface area contributed by atoms with Crippen molar-refractivity contribution in [3.63, 3.8) is 0 Å². The molecule has 0 unspecified atom stereocenters. The fourth-order valence-corrected chi connectivity index (χ4v) is 3.01. The Balaban J connectivity index is 2.22. The number of hydrogen-bond acceptors (Lipinski definition) is 1. The highest BCUT2D eigenvalue weighted by Gasteiger charge is 2.15. The lowest BCUT2D eigenvalue weighted by atomic mass is 10.1. The fraction of sp³-hybridized carbons (Fsp3) is 0.278. The first-order valence-electron chi connectivity index (χ1n) is 7.11. The molecule has 110 valence electrons. The molecule has 3 heteroatoms. The van der Waals surface area contributed by atoms with Crippen LogP contribution < -0.4 is 0 Å². The van der Waals surface area contributed by atoms with Gasteiger partial charge in [0.1, 0.15) is 0 Å². The van der Waals surface area contributed by atoms with Crippen LogP contribution in [0.3, 0.4) is 0 Å². The third kappa shape index (κ3) is 4.18. The number of amides is 1. The number of nitrogens with zero attached hydrogens (tertiary/aromatic N) is 1. The number of halogens is 1. The number of carbonyl (C=O) groups excluding carboxylic acids is 1. The second-order valence-corrected chi connectivity index (χ2v) is 6.24. The van der Waals surface area contributed by atoms with Gasteiger partial charge in [-0.1, -0.05) is 45.8 Å². The Morgan fingerprint density at radius 3 is 2.48 bits per heavy atom. The minimum Gasteiger partial charge on any atom is -0.335 e. The molecular weight excluding hydrogens is 326 g/mol. The second-order valence-electron chi connectivity index (χ2n) is 5.33. The number of rotatable bonds is 4. The summed E-state index contributed by atoms with van der Waals surface area (Å²) in [4.78, 5) is 14.5. The summed E-state index contributed by atoms with van der Waals surface area (Å²) in [5.74, 6) is 0.0726. The van der Waals surface area contributed by atoms with Crippen LogP contribution in [0, 0.1) is 13.8 Å². The second kappa shape index (κ2) is 6.90. The molecule has 0 N–H and O–H groups in total. The van der Waals surface area contributed by atoms with Crippen molar-refractivity contribution in [2.45, 2.75) is 27.3 Å². The third-order valence-electron chi connectivity index (χ3n) is 3.41. The monoisotopic (exact) mass is 345 g/mol. The Hall–Kier alpha value is -1.61. The quantitative estimate of drug-likeness (QED) is 0.784. The normalized spacial score (nSPS) is 10.5. The van der Waals surface area contributed by atoms with Crippen LogP contribution >= 0.6 is 15.9 Å². The van der Waals surface area contributed by atoms with E-state index in [4.69, 9.17) is 0 Å². The van der Waals surface area contributed by atoms with Crippen LogP contribution in [0.25, 0.3) is 0 Å². The van der Waals surface area contributed by atoms with Gasteiger partial charge >= 0.3 is 0 Å². The van der Waals surface area contributed by atoms with Crippen molar-refractivity contribution in [2.75, 3.05) is 6.54 Å². The van der Waals surface area contributed by atoms with Gasteiger partial charge in [0.25, 0.3) is 5.91 Å². The van der Waals surface area contributed by atoms with E-state index in [9.17, 15) is 4.79 Å². The van der Waals surface area contributed by atoms with Gasteiger partial charge in [0.05, 0.1) is 0 Å². The minimum absolute atomic E-state index is 0.0726. The SMILES string of the molecule is CCN(Cc1cccc(C)c1)C(=O)c1cc(C)cc(Br)c1. The van der Waals surface area contributed by atoms with Gasteiger partial charge in [0.2, 0.25) is 0 Å². The molecule has 0 aromatic heterocycles. The Labute approximate surface area is 134 Å². The highest BCUT2D eigenvalue weighted by Crippen LogP contribution is 2.18. The lowest BCUT2D eigenvalue weighted by Crippen LogP contribution is -2.30. The van der Waals surface area contributed by atoms with Gasteiger partial charge in [-0.3, -0.25) is 4.79 Å². The summed E-state index contributed by atoms with van der Waals surface area (Å²) < 4.78 is 0.942. The van der Waals surface area contributed by atoms with Crippen LogP contribution in [0.1, 0.15) is 34.0 Å². The first kappa shape index (κ1) is 15.8. The summed E-state index contributed by atoms with van der Waals surface area (Å²) >= 11 is 3.46. The summed E-state index contributed by atoms with van der Waals surface area (Å²) in [6.45, 7) is 7.41. The van der Waals surface area contributed by atoms with E-state index < -0.39 is 0 Å². The fourth-order valence-electron chi connectivity index (χ4n) is 2.40. The smallest absolute Gasteiger partial charge is 0.254 e. The van der Waals surface area contributed by atoms with Crippen LogP contribution in [0.5, 0.6) is 0 Å². The Bertz CT molecular complexity index is 631. The van der Waals surface area contributed by atoms with Gasteiger partial charge in [0, 0.05) is 23.1 Å². The van der Waals surface area contributed by atoms with Gasteiger partial charge in [-0.05, 0) is 50.1 Å². The molecule has 2 aromatic rings. The first-order valence-corrected chi connectivity index (χ1v) is 7.91. The van der Waals surface area contributed by atoms with E-state index in [2.05, 4.69) is 41.1 Å². The Kier molecular flexibility index (Phi) is 5.18. The van der Waals surface area contributed by atoms with Gasteiger partial charge in [0.15, 0.2) is 0 Å². The predicted octanol–water partition coefficient (Wildman–Crippen LogP) is 4.73. The maximum Gasteiger partial charge on any atom is 0.254 e. The van der Waals surface area contributed by atoms with E-state index in [0.29, 0.717) is 13.1 Å². The molecule has 0 fully saturated rings. The van der Waals surface area contributed by atoms with Gasteiger partial charge in [-0.15, -0.1) is 0 Å². The van der Waals surface area contributed by atoms with Gasteiger partial charge < -0.3 is 4.90 Å². The van der Waals surface area contributed by atoms with Gasteiger partial charge in [-0.2, -0.15) is 0 Å². The largest absolute Gasteiger partial charge is 0.335 e. The van der Waals surface area contributed by atoms with E-state index in [1.54, 1.807) is 0 Å². The molecule has 1 amide bonds. The van der Waals surface area contributed by atoms with E-state index in [0.717, 1.165) is 21.2 Å². The standard InChI is InChI=1S/C18H20BrNO/c1-4-20(12-15-7-5-6-13(2)8-15)18(21)16-9-14(3)10-17(19)11-16/h5-11H,4,12H2,1-3H3. The maximum atomic E-state index is 12.7. The van der Waals surface area contributed by atoms with Crippen molar-refractivity contribution >= 4 is 21.8 Å². The average Bonchev–Trinajstić information content (AvgIpc) is 2.43. The molecule has 0 radical (unpaired) electrons. The molecule has 0 saturated carbocycles. The molecule has 0 heterocycles. The molecule has 0 aliphatic heterocycles. The topological polar surface area (TPSA) is 20.3 Å². The Morgan fingerprint density at radius 1 is 1.10 bits per heavy atom. The average molecular weight is 346 g/mol. The molecular formula is C18H20BrNO. The molecule has 2 aromatic carbocycles. The van der Waals surface area contributed by atoms with E-state index in [-0.39, 0.29) is 5.91 Å². The lowest BCUT2D eigenvalue weighted by Gasteiger charge is -2.21. The van der Waals surface area contributed by atoms with Crippen LogP contribution in [0.4, 0.5) is 0 Å². The lowest BCUT2D eigenvalue weighted by molar-refractivity contribution is 0.0752. The summed E-state index contributed by atoms with van der Waals surface area (Å²) in [7, 11) is 0. The maximum absolute atomic E-state index is 12.7. The van der Waals surface area contributed by atoms with E-state index >= 15 is 0 Å². The number of benzene rings is 2. The number of carbonyl (C=O) groups is 1. The van der Waals surface area contributed by atoms with E-state index in [1.807, 2.05) is 43.0 Å². The summed E-state index contributed by atoms with van der Waals surface area (Å²) in [5, 5.41) is 0. The van der Waals surface area contributed by atoms with Crippen molar-refractivity contribution in [2.24, 2.45) is 0 Å². The van der Waals surface area contributed by atoms with Crippen molar-refractivity contribution in [1.82, 2.24) is 4.90 Å². The molecule has 0 bridgehead atoms. The molecule has 0 saturated heterocycles. The number of aryl methyl sites for hydroxylation is 2. The molecule has 2 rings (SSSR count). The molecule has 0 spiro atoms. The van der Waals surface area contributed by atoms with Crippen molar-refractivity contribution < 1.29 is 4.79 Å². The molecule has 2 nitrogen and oxygen atoms in total. The molecule has 0 aliphatic carbocycles. The van der Waals surface area contributed by atoms with Crippen molar-refractivity contribution in [1.29, 1.82) is 0 Å². The molecule has 0 aliphatic rings. The summed E-state index contributed by atoms with van der Waals surface area (Å²) in [6, 6.07) is 14.1. The predicted molar refractivity (Wildman–Crippen MR) is 90.5 cm³/mol. The first-order chi connectivity index (χ1) is 9.99. The highest BCUT2D eigenvalue weighted by molar-refractivity contribution is 9.10. The number of hydrogen-bond donors (Lipinski definition) is 0. The Morgan fingerprint density at radius 2 is 1.86 bits per heavy atom. The van der Waals surface area contributed by atoms with Crippen LogP contribution in [-0.2, 0) is 6.54 Å². The summed E-state index contributed by atoms with van der Waals surface area (Å²) in [6.07, 6.45) is 0. The van der Waals surface area contributed by atoms with Crippen molar-refractivity contribution in [3.8, 4) is 0 Å². The molecule has 0 atom stereocenters. The van der Waals surface area contributed by atoms with Gasteiger partial charge in [-0.25, -0.2) is 0 Å². The zero-order chi connectivity index (χ0) is 15.4. The summed E-state index contributed by atoms with van der Waals surface area (Å²) in [5.41, 5.74) is 4.20. The van der Waals surface area contributed by atoms with Crippen LogP contribution in [0.15, 0.2) is 46.9 Å². The third-order valence-corrected chi connectivity index (χ3v) is 3.87. The minimum atomic E-state index is 0.0726. The zero-order valence-corrected chi connectivity index (χ0v) is 14.3. The van der Waals surface area contributed by atoms with Crippen LogP contribution in [-0.4, -0.2) is 17.4 Å². The van der Waals surface area contributed by atoms with Crippen LogP contribution in [0.2, 0.25) is 0 Å². The highest BCUT2D eigenvalue weighted by atomic mass is 79.9. The van der Waals surface area contributed by atoms with Crippen molar-refractivity contribution in [3.05, 3.63) is 69.2 Å². The molecule has 21 heavy (non-hydrogen) atoms.